The van der Waals surface area contributed by atoms with Gasteiger partial charge in [-0.3, -0.25) is 0 Å². The van der Waals surface area contributed by atoms with Gasteiger partial charge in [0.1, 0.15) is 0 Å². The molecule has 0 amide bonds. The molecule has 0 saturated heterocycles. The lowest BCUT2D eigenvalue weighted by molar-refractivity contribution is 0.591. The van der Waals surface area contributed by atoms with Crippen LogP contribution in [0.25, 0.3) is 0 Å². The highest BCUT2D eigenvalue weighted by atomic mass is 14.9. The van der Waals surface area contributed by atoms with Crippen molar-refractivity contribution in [2.24, 2.45) is 0 Å². The first kappa shape index (κ1) is 14.8. The molecule has 0 aliphatic heterocycles. The quantitative estimate of drug-likeness (QED) is 0.848. The van der Waals surface area contributed by atoms with Crippen molar-refractivity contribution < 1.29 is 0 Å². The number of hydrogen-bond acceptors (Lipinski definition) is 1. The summed E-state index contributed by atoms with van der Waals surface area (Å²) in [6.07, 6.45) is 2.13. The van der Waals surface area contributed by atoms with Crippen LogP contribution < -0.4 is 5.32 Å². The van der Waals surface area contributed by atoms with E-state index in [1.54, 1.807) is 0 Å². The number of likely N-dealkylation sites (N-methyl/N-ethyl adjacent to an activating group) is 1. The van der Waals surface area contributed by atoms with Gasteiger partial charge in [-0.1, -0.05) is 60.5 Å². The van der Waals surface area contributed by atoms with E-state index in [9.17, 15) is 0 Å². The van der Waals surface area contributed by atoms with Crippen LogP contribution in [0.4, 0.5) is 0 Å². The zero-order chi connectivity index (χ0) is 14.5. The highest BCUT2D eigenvalue weighted by molar-refractivity contribution is 5.32. The lowest BCUT2D eigenvalue weighted by atomic mass is 9.95. The summed E-state index contributed by atoms with van der Waals surface area (Å²) in [6, 6.07) is 16.1. The molecule has 1 N–H and O–H groups in total. The summed E-state index contributed by atoms with van der Waals surface area (Å²) in [5, 5.41) is 3.46. The molecule has 106 valence electrons. The molecule has 0 spiro atoms. The molecule has 2 rings (SSSR count). The second-order valence-corrected chi connectivity index (χ2v) is 5.64. The van der Waals surface area contributed by atoms with E-state index in [-0.39, 0.29) is 0 Å². The minimum absolute atomic E-state index is 0.377. The summed E-state index contributed by atoms with van der Waals surface area (Å²) < 4.78 is 0. The highest BCUT2D eigenvalue weighted by Gasteiger charge is 2.11. The fourth-order valence-corrected chi connectivity index (χ4v) is 2.84. The fraction of sp³-hybridized carbons (Fsp3) is 0.368. The van der Waals surface area contributed by atoms with E-state index >= 15 is 0 Å². The minimum Gasteiger partial charge on any atom is -0.313 e. The molecule has 0 aromatic heterocycles. The third-order valence-corrected chi connectivity index (χ3v) is 3.83. The zero-order valence-electron chi connectivity index (χ0n) is 13.0. The van der Waals surface area contributed by atoms with Gasteiger partial charge < -0.3 is 5.32 Å². The Bertz CT molecular complexity index is 551. The van der Waals surface area contributed by atoms with E-state index < -0.39 is 0 Å². The summed E-state index contributed by atoms with van der Waals surface area (Å²) in [5.41, 5.74) is 6.88. The van der Waals surface area contributed by atoms with Crippen LogP contribution in [0.5, 0.6) is 0 Å². The van der Waals surface area contributed by atoms with E-state index in [4.69, 9.17) is 0 Å². The lowest BCUT2D eigenvalue weighted by Crippen LogP contribution is -2.19. The Kier molecular flexibility index (Phi) is 4.97. The van der Waals surface area contributed by atoms with Crippen molar-refractivity contribution in [2.75, 3.05) is 7.05 Å². The topological polar surface area (TPSA) is 12.0 Å². The number of nitrogens with one attached hydrogen (secondary N) is 1. The first-order valence-electron chi connectivity index (χ1n) is 7.45. The molecule has 0 aliphatic carbocycles. The Balaban J connectivity index is 2.23. The largest absolute Gasteiger partial charge is 0.313 e. The molecule has 1 unspecified atom stereocenters. The van der Waals surface area contributed by atoms with E-state index in [0.717, 1.165) is 12.8 Å². The zero-order valence-corrected chi connectivity index (χ0v) is 13.0. The van der Waals surface area contributed by atoms with Crippen molar-refractivity contribution in [3.8, 4) is 0 Å². The molecular formula is C19H25N. The third kappa shape index (κ3) is 3.71. The third-order valence-electron chi connectivity index (χ3n) is 3.83. The number of rotatable bonds is 5. The first-order chi connectivity index (χ1) is 9.62. The van der Waals surface area contributed by atoms with Gasteiger partial charge in [-0.25, -0.2) is 0 Å². The van der Waals surface area contributed by atoms with Gasteiger partial charge in [0.05, 0.1) is 0 Å². The highest BCUT2D eigenvalue weighted by Crippen LogP contribution is 2.21. The maximum atomic E-state index is 3.46. The van der Waals surface area contributed by atoms with Gasteiger partial charge in [0.2, 0.25) is 0 Å². The molecule has 1 nitrogen and oxygen atoms in total. The van der Waals surface area contributed by atoms with Crippen LogP contribution in [0.1, 0.15) is 40.8 Å². The maximum absolute atomic E-state index is 3.46. The molecule has 2 aromatic rings. The summed E-state index contributed by atoms with van der Waals surface area (Å²) in [5.74, 6) is 0. The Hall–Kier alpha value is -1.60. The van der Waals surface area contributed by atoms with E-state index in [1.807, 2.05) is 7.05 Å². The van der Waals surface area contributed by atoms with Crippen molar-refractivity contribution in [1.82, 2.24) is 5.32 Å². The van der Waals surface area contributed by atoms with Crippen LogP contribution in [0.2, 0.25) is 0 Å². The molecule has 20 heavy (non-hydrogen) atoms. The van der Waals surface area contributed by atoms with Gasteiger partial charge >= 0.3 is 0 Å². The molecule has 0 heterocycles. The average molecular weight is 267 g/mol. The van der Waals surface area contributed by atoms with Crippen molar-refractivity contribution in [3.63, 3.8) is 0 Å². The molecule has 1 atom stereocenters. The monoisotopic (exact) mass is 267 g/mol. The summed E-state index contributed by atoms with van der Waals surface area (Å²) >= 11 is 0. The molecule has 0 saturated carbocycles. The van der Waals surface area contributed by atoms with Gasteiger partial charge in [-0.15, -0.1) is 0 Å². The maximum Gasteiger partial charge on any atom is 0.0358 e. The number of benzene rings is 2. The second kappa shape index (κ2) is 6.71. The van der Waals surface area contributed by atoms with Crippen LogP contribution in [0, 0.1) is 13.8 Å². The molecule has 2 aromatic carbocycles. The summed E-state index contributed by atoms with van der Waals surface area (Å²) in [6.45, 7) is 6.54. The van der Waals surface area contributed by atoms with E-state index in [2.05, 4.69) is 68.6 Å². The fourth-order valence-electron chi connectivity index (χ4n) is 2.84. The number of aryl methyl sites for hydroxylation is 3. The molecule has 0 radical (unpaired) electrons. The molecule has 1 heteroatoms. The molecular weight excluding hydrogens is 242 g/mol. The second-order valence-electron chi connectivity index (χ2n) is 5.64. The van der Waals surface area contributed by atoms with Crippen molar-refractivity contribution in [3.05, 3.63) is 70.3 Å². The van der Waals surface area contributed by atoms with Gasteiger partial charge in [0, 0.05) is 6.04 Å². The Morgan fingerprint density at radius 3 is 2.25 bits per heavy atom. The van der Waals surface area contributed by atoms with Gasteiger partial charge in [0.15, 0.2) is 0 Å². The van der Waals surface area contributed by atoms with E-state index in [0.29, 0.717) is 6.04 Å². The van der Waals surface area contributed by atoms with Crippen molar-refractivity contribution >= 4 is 0 Å². The Labute approximate surface area is 123 Å². The van der Waals surface area contributed by atoms with Crippen LogP contribution in [-0.4, -0.2) is 7.05 Å². The molecule has 0 bridgehead atoms. The normalized spacial score (nSPS) is 12.4. The lowest BCUT2D eigenvalue weighted by Gasteiger charge is -2.18. The predicted molar refractivity (Wildman–Crippen MR) is 87.2 cm³/mol. The first-order valence-corrected chi connectivity index (χ1v) is 7.45. The van der Waals surface area contributed by atoms with Gasteiger partial charge in [-0.2, -0.15) is 0 Å². The van der Waals surface area contributed by atoms with Gasteiger partial charge in [-0.05, 0) is 50.4 Å². The SMILES string of the molecule is CCc1cccc(C(Cc2cc(C)cc(C)c2)NC)c1. The van der Waals surface area contributed by atoms with Crippen molar-refractivity contribution in [1.29, 1.82) is 0 Å². The van der Waals surface area contributed by atoms with Crippen molar-refractivity contribution in [2.45, 2.75) is 39.7 Å². The summed E-state index contributed by atoms with van der Waals surface area (Å²) in [4.78, 5) is 0. The van der Waals surface area contributed by atoms with Crippen LogP contribution in [0.15, 0.2) is 42.5 Å². The van der Waals surface area contributed by atoms with Crippen LogP contribution in [-0.2, 0) is 12.8 Å². The average Bonchev–Trinajstić information content (AvgIpc) is 2.44. The minimum atomic E-state index is 0.377. The molecule has 0 aliphatic rings. The van der Waals surface area contributed by atoms with Gasteiger partial charge in [0.25, 0.3) is 0 Å². The smallest absolute Gasteiger partial charge is 0.0358 e. The Morgan fingerprint density at radius 2 is 1.65 bits per heavy atom. The summed E-state index contributed by atoms with van der Waals surface area (Å²) in [7, 11) is 2.05. The molecule has 0 fully saturated rings. The Morgan fingerprint density at radius 1 is 0.950 bits per heavy atom. The predicted octanol–water partition coefficient (Wildman–Crippen LogP) is 4.37. The van der Waals surface area contributed by atoms with E-state index in [1.165, 1.54) is 27.8 Å². The number of hydrogen-bond donors (Lipinski definition) is 1. The van der Waals surface area contributed by atoms with Crippen LogP contribution >= 0.6 is 0 Å². The standard InChI is InChI=1S/C19H25N/c1-5-16-7-6-8-18(12-16)19(20-4)13-17-10-14(2)9-15(3)11-17/h6-12,19-20H,5,13H2,1-4H3. The van der Waals surface area contributed by atoms with Crippen LogP contribution in [0.3, 0.4) is 0 Å².